The van der Waals surface area contributed by atoms with E-state index < -0.39 is 5.54 Å². The van der Waals surface area contributed by atoms with Crippen molar-refractivity contribution in [1.29, 1.82) is 5.26 Å². The topological polar surface area (TPSA) is 59.0 Å². The molecule has 4 unspecified atom stereocenters. The van der Waals surface area contributed by atoms with Crippen LogP contribution in [0.2, 0.25) is 0 Å². The first-order chi connectivity index (χ1) is 10.0. The minimum atomic E-state index is -0.950. The number of rotatable bonds is 5. The maximum Gasteiger partial charge on any atom is 0.132 e. The molecule has 4 atom stereocenters. The van der Waals surface area contributed by atoms with Gasteiger partial charge in [-0.05, 0) is 36.7 Å². The molecule has 0 aromatic heterocycles. The average molecular weight is 286 g/mol. The van der Waals surface area contributed by atoms with E-state index in [2.05, 4.69) is 19.9 Å². The Hall–Kier alpha value is -1.37. The van der Waals surface area contributed by atoms with E-state index in [1.54, 1.807) is 0 Å². The van der Waals surface area contributed by atoms with Gasteiger partial charge in [0, 0.05) is 6.42 Å². The molecule has 1 aliphatic rings. The second-order valence-electron chi connectivity index (χ2n) is 6.46. The molecule has 114 valence electrons. The summed E-state index contributed by atoms with van der Waals surface area (Å²) in [6.07, 6.45) is 4.34. The number of benzene rings is 1. The van der Waals surface area contributed by atoms with Crippen LogP contribution in [0.1, 0.15) is 45.1 Å². The van der Waals surface area contributed by atoms with Gasteiger partial charge in [-0.2, -0.15) is 5.26 Å². The molecule has 0 heterocycles. The third-order valence-corrected chi connectivity index (χ3v) is 4.89. The zero-order valence-corrected chi connectivity index (χ0v) is 13.1. The van der Waals surface area contributed by atoms with Crippen LogP contribution >= 0.6 is 0 Å². The van der Waals surface area contributed by atoms with Crippen molar-refractivity contribution in [2.75, 3.05) is 6.61 Å². The highest BCUT2D eigenvalue weighted by Gasteiger charge is 2.29. The summed E-state index contributed by atoms with van der Waals surface area (Å²) in [5.74, 6) is 1.51. The first-order valence-electron chi connectivity index (χ1n) is 7.92. The summed E-state index contributed by atoms with van der Waals surface area (Å²) in [6, 6.07) is 11.8. The third-order valence-electron chi connectivity index (χ3n) is 4.89. The van der Waals surface area contributed by atoms with Crippen LogP contribution < -0.4 is 5.73 Å². The number of nitriles is 1. The molecule has 1 saturated carbocycles. The first-order valence-corrected chi connectivity index (χ1v) is 7.92. The summed E-state index contributed by atoms with van der Waals surface area (Å²) in [5, 5.41) is 9.42. The molecule has 0 bridgehead atoms. The second-order valence-corrected chi connectivity index (χ2v) is 6.46. The summed E-state index contributed by atoms with van der Waals surface area (Å²) >= 11 is 0. The van der Waals surface area contributed by atoms with Crippen LogP contribution in [-0.2, 0) is 10.3 Å². The van der Waals surface area contributed by atoms with Gasteiger partial charge < -0.3 is 10.5 Å². The fraction of sp³-hybridized carbons (Fsp3) is 0.611. The molecule has 0 radical (unpaired) electrons. The van der Waals surface area contributed by atoms with Gasteiger partial charge in [0.1, 0.15) is 5.54 Å². The lowest BCUT2D eigenvalue weighted by Gasteiger charge is -2.32. The molecule has 0 aliphatic heterocycles. The van der Waals surface area contributed by atoms with E-state index in [1.807, 2.05) is 30.3 Å². The van der Waals surface area contributed by atoms with Gasteiger partial charge in [-0.25, -0.2) is 0 Å². The van der Waals surface area contributed by atoms with E-state index in [4.69, 9.17) is 10.5 Å². The molecular formula is C18H26N2O. The highest BCUT2D eigenvalue weighted by molar-refractivity contribution is 5.30. The van der Waals surface area contributed by atoms with E-state index in [9.17, 15) is 5.26 Å². The minimum Gasteiger partial charge on any atom is -0.378 e. The summed E-state index contributed by atoms with van der Waals surface area (Å²) in [5.41, 5.74) is 6.16. The first kappa shape index (κ1) is 16.0. The second kappa shape index (κ2) is 7.06. The monoisotopic (exact) mass is 286 g/mol. The highest BCUT2D eigenvalue weighted by Crippen LogP contribution is 2.31. The van der Waals surface area contributed by atoms with Gasteiger partial charge in [-0.3, -0.25) is 0 Å². The Bertz CT molecular complexity index is 482. The summed E-state index contributed by atoms with van der Waals surface area (Å²) in [6.45, 7) is 5.16. The van der Waals surface area contributed by atoms with Crippen molar-refractivity contribution in [2.45, 2.75) is 51.2 Å². The Labute approximate surface area is 128 Å². The van der Waals surface area contributed by atoms with Crippen molar-refractivity contribution >= 4 is 0 Å². The number of hydrogen-bond acceptors (Lipinski definition) is 3. The highest BCUT2D eigenvalue weighted by atomic mass is 16.5. The van der Waals surface area contributed by atoms with Crippen LogP contribution in [0.4, 0.5) is 0 Å². The van der Waals surface area contributed by atoms with E-state index in [0.717, 1.165) is 30.2 Å². The lowest BCUT2D eigenvalue weighted by molar-refractivity contribution is -0.00253. The van der Waals surface area contributed by atoms with Crippen molar-refractivity contribution in [3.05, 3.63) is 35.9 Å². The van der Waals surface area contributed by atoms with Crippen LogP contribution in [0, 0.1) is 23.2 Å². The Morgan fingerprint density at radius 1 is 1.24 bits per heavy atom. The molecule has 3 heteroatoms. The van der Waals surface area contributed by atoms with Gasteiger partial charge in [-0.15, -0.1) is 0 Å². The summed E-state index contributed by atoms with van der Waals surface area (Å²) in [7, 11) is 0. The molecule has 2 N–H and O–H groups in total. The maximum atomic E-state index is 9.42. The van der Waals surface area contributed by atoms with Crippen LogP contribution in [0.5, 0.6) is 0 Å². The molecular weight excluding hydrogens is 260 g/mol. The zero-order chi connectivity index (χ0) is 15.3. The molecule has 1 aromatic rings. The molecule has 21 heavy (non-hydrogen) atoms. The summed E-state index contributed by atoms with van der Waals surface area (Å²) in [4.78, 5) is 0. The number of nitrogens with two attached hydrogens (primary N) is 1. The smallest absolute Gasteiger partial charge is 0.132 e. The van der Waals surface area contributed by atoms with Crippen LogP contribution in [0.3, 0.4) is 0 Å². The van der Waals surface area contributed by atoms with Crippen molar-refractivity contribution in [3.8, 4) is 6.07 Å². The van der Waals surface area contributed by atoms with Gasteiger partial charge in [0.25, 0.3) is 0 Å². The van der Waals surface area contributed by atoms with E-state index in [-0.39, 0.29) is 0 Å². The molecule has 1 fully saturated rings. The average Bonchev–Trinajstić information content (AvgIpc) is 2.51. The predicted octanol–water partition coefficient (Wildman–Crippen LogP) is 3.60. The quantitative estimate of drug-likeness (QED) is 0.899. The molecule has 1 aromatic carbocycles. The Morgan fingerprint density at radius 2 is 1.95 bits per heavy atom. The van der Waals surface area contributed by atoms with Crippen molar-refractivity contribution in [1.82, 2.24) is 0 Å². The minimum absolute atomic E-state index is 0.329. The van der Waals surface area contributed by atoms with Crippen LogP contribution in [0.25, 0.3) is 0 Å². The Kier molecular flexibility index (Phi) is 5.39. The number of hydrogen-bond donors (Lipinski definition) is 1. The van der Waals surface area contributed by atoms with Crippen LogP contribution in [-0.4, -0.2) is 12.7 Å². The molecule has 3 nitrogen and oxygen atoms in total. The summed E-state index contributed by atoms with van der Waals surface area (Å²) < 4.78 is 5.99. The number of nitrogens with zero attached hydrogens (tertiary/aromatic N) is 1. The van der Waals surface area contributed by atoms with Gasteiger partial charge >= 0.3 is 0 Å². The molecule has 0 saturated heterocycles. The SMILES string of the molecule is CC1CCC(OCCC(N)(C#N)c2ccccc2)CC1C. The molecule has 2 rings (SSSR count). The van der Waals surface area contributed by atoms with E-state index in [1.165, 1.54) is 6.42 Å². The van der Waals surface area contributed by atoms with Crippen molar-refractivity contribution in [2.24, 2.45) is 17.6 Å². The van der Waals surface area contributed by atoms with Crippen molar-refractivity contribution in [3.63, 3.8) is 0 Å². The fourth-order valence-corrected chi connectivity index (χ4v) is 3.04. The molecule has 0 amide bonds. The normalized spacial score (nSPS) is 28.6. The third kappa shape index (κ3) is 4.06. The van der Waals surface area contributed by atoms with E-state index in [0.29, 0.717) is 19.1 Å². The predicted molar refractivity (Wildman–Crippen MR) is 84.5 cm³/mol. The van der Waals surface area contributed by atoms with Gasteiger partial charge in [0.2, 0.25) is 0 Å². The maximum absolute atomic E-state index is 9.42. The fourth-order valence-electron chi connectivity index (χ4n) is 3.04. The van der Waals surface area contributed by atoms with Gasteiger partial charge in [0.05, 0.1) is 18.8 Å². The lowest BCUT2D eigenvalue weighted by atomic mass is 9.80. The zero-order valence-electron chi connectivity index (χ0n) is 13.1. The lowest BCUT2D eigenvalue weighted by Crippen LogP contribution is -2.37. The van der Waals surface area contributed by atoms with Gasteiger partial charge in [0.15, 0.2) is 0 Å². The van der Waals surface area contributed by atoms with Gasteiger partial charge in [-0.1, -0.05) is 44.2 Å². The molecule has 1 aliphatic carbocycles. The van der Waals surface area contributed by atoms with Crippen molar-refractivity contribution < 1.29 is 4.74 Å². The standard InChI is InChI=1S/C18H26N2O/c1-14-8-9-17(12-15(14)2)21-11-10-18(20,13-19)16-6-4-3-5-7-16/h3-7,14-15,17H,8-12,20H2,1-2H3. The van der Waals surface area contributed by atoms with Crippen LogP contribution in [0.15, 0.2) is 30.3 Å². The van der Waals surface area contributed by atoms with E-state index >= 15 is 0 Å². The Morgan fingerprint density at radius 3 is 2.57 bits per heavy atom. The largest absolute Gasteiger partial charge is 0.378 e. The molecule has 0 spiro atoms. The Balaban J connectivity index is 1.86. The number of ether oxygens (including phenoxy) is 1.